The molecular weight excluding hydrogens is 316 g/mol. The van der Waals surface area contributed by atoms with Gasteiger partial charge in [-0.15, -0.1) is 0 Å². The van der Waals surface area contributed by atoms with Gasteiger partial charge in [-0.2, -0.15) is 0 Å². The van der Waals surface area contributed by atoms with Crippen molar-refractivity contribution < 1.29 is 14.3 Å². The van der Waals surface area contributed by atoms with Gasteiger partial charge in [-0.1, -0.05) is 30.3 Å². The molecular formula is C20H22N2O3. The molecule has 2 aromatic carbocycles. The van der Waals surface area contributed by atoms with Crippen molar-refractivity contribution in [2.75, 3.05) is 11.4 Å². The topological polar surface area (TPSA) is 58.6 Å². The fourth-order valence-electron chi connectivity index (χ4n) is 2.90. The van der Waals surface area contributed by atoms with Gasteiger partial charge in [-0.05, 0) is 38.1 Å². The number of nitrogens with zero attached hydrogens (tertiary/aromatic N) is 1. The SMILES string of the molecule is CC(C)NC(=O)C1CC(=O)N(c2ccccc2Oc2ccccc2)C1. The molecule has 5 nitrogen and oxygen atoms in total. The highest BCUT2D eigenvalue weighted by atomic mass is 16.5. The molecule has 25 heavy (non-hydrogen) atoms. The predicted molar refractivity (Wildman–Crippen MR) is 96.7 cm³/mol. The van der Waals surface area contributed by atoms with E-state index in [0.717, 1.165) is 0 Å². The fourth-order valence-corrected chi connectivity index (χ4v) is 2.90. The first kappa shape index (κ1) is 17.0. The zero-order chi connectivity index (χ0) is 17.8. The van der Waals surface area contributed by atoms with Gasteiger partial charge in [0.25, 0.3) is 0 Å². The van der Waals surface area contributed by atoms with Crippen molar-refractivity contribution in [3.8, 4) is 11.5 Å². The molecule has 1 unspecified atom stereocenters. The van der Waals surface area contributed by atoms with Crippen LogP contribution >= 0.6 is 0 Å². The lowest BCUT2D eigenvalue weighted by Gasteiger charge is -2.20. The summed E-state index contributed by atoms with van der Waals surface area (Å²) in [5.74, 6) is 0.836. The van der Waals surface area contributed by atoms with Crippen LogP contribution in [0.2, 0.25) is 0 Å². The quantitative estimate of drug-likeness (QED) is 0.909. The summed E-state index contributed by atoms with van der Waals surface area (Å²) in [4.78, 5) is 26.3. The van der Waals surface area contributed by atoms with Crippen LogP contribution in [0.25, 0.3) is 0 Å². The highest BCUT2D eigenvalue weighted by Gasteiger charge is 2.36. The summed E-state index contributed by atoms with van der Waals surface area (Å²) in [6, 6.07) is 16.9. The van der Waals surface area contributed by atoms with Gasteiger partial charge in [0, 0.05) is 19.0 Å². The van der Waals surface area contributed by atoms with Crippen molar-refractivity contribution in [1.82, 2.24) is 5.32 Å². The van der Waals surface area contributed by atoms with E-state index in [4.69, 9.17) is 4.74 Å². The van der Waals surface area contributed by atoms with Crippen LogP contribution in [-0.2, 0) is 9.59 Å². The van der Waals surface area contributed by atoms with Gasteiger partial charge in [0.2, 0.25) is 11.8 Å². The standard InChI is InChI=1S/C20H22N2O3/c1-14(2)21-20(24)15-12-19(23)22(13-15)17-10-6-7-11-18(17)25-16-8-4-3-5-9-16/h3-11,14-15H,12-13H2,1-2H3,(H,21,24). The highest BCUT2D eigenvalue weighted by Crippen LogP contribution is 2.35. The van der Waals surface area contributed by atoms with E-state index in [1.807, 2.05) is 68.4 Å². The van der Waals surface area contributed by atoms with Crippen LogP contribution in [0.4, 0.5) is 5.69 Å². The van der Waals surface area contributed by atoms with Gasteiger partial charge in [-0.25, -0.2) is 0 Å². The largest absolute Gasteiger partial charge is 0.455 e. The molecule has 0 bridgehead atoms. The van der Waals surface area contributed by atoms with Gasteiger partial charge in [0.1, 0.15) is 5.75 Å². The first-order chi connectivity index (χ1) is 12.0. The number of benzene rings is 2. The zero-order valence-electron chi connectivity index (χ0n) is 14.4. The third-order valence-corrected chi connectivity index (χ3v) is 4.05. The molecule has 1 saturated heterocycles. The summed E-state index contributed by atoms with van der Waals surface area (Å²) in [7, 11) is 0. The Labute approximate surface area is 147 Å². The van der Waals surface area contributed by atoms with Crippen LogP contribution in [0.5, 0.6) is 11.5 Å². The molecule has 0 aromatic heterocycles. The van der Waals surface area contributed by atoms with Gasteiger partial charge >= 0.3 is 0 Å². The number of rotatable bonds is 5. The van der Waals surface area contributed by atoms with E-state index in [0.29, 0.717) is 23.7 Å². The number of anilines is 1. The molecule has 0 aliphatic carbocycles. The Balaban J connectivity index is 1.80. The number of amides is 2. The number of hydrogen-bond donors (Lipinski definition) is 1. The monoisotopic (exact) mass is 338 g/mol. The Kier molecular flexibility index (Phi) is 5.03. The lowest BCUT2D eigenvalue weighted by atomic mass is 10.1. The number of hydrogen-bond acceptors (Lipinski definition) is 3. The first-order valence-corrected chi connectivity index (χ1v) is 8.47. The normalized spacial score (nSPS) is 17.0. The maximum atomic E-state index is 12.5. The van der Waals surface area contributed by atoms with Gasteiger partial charge in [0.15, 0.2) is 5.75 Å². The molecule has 1 heterocycles. The van der Waals surface area contributed by atoms with Crippen LogP contribution in [0.3, 0.4) is 0 Å². The Hall–Kier alpha value is -2.82. The third kappa shape index (κ3) is 3.99. The number of para-hydroxylation sites is 3. The summed E-state index contributed by atoms with van der Waals surface area (Å²) in [6.45, 7) is 4.19. The second kappa shape index (κ2) is 7.38. The molecule has 1 fully saturated rings. The Morgan fingerprint density at radius 1 is 1.12 bits per heavy atom. The number of carbonyl (C=O) groups is 2. The van der Waals surface area contributed by atoms with E-state index in [9.17, 15) is 9.59 Å². The van der Waals surface area contributed by atoms with Crippen LogP contribution in [-0.4, -0.2) is 24.4 Å². The van der Waals surface area contributed by atoms with E-state index in [1.54, 1.807) is 4.90 Å². The van der Waals surface area contributed by atoms with Gasteiger partial charge in [0.05, 0.1) is 11.6 Å². The molecule has 2 amide bonds. The molecule has 1 atom stereocenters. The van der Waals surface area contributed by atoms with Gasteiger partial charge < -0.3 is 15.0 Å². The number of ether oxygens (including phenoxy) is 1. The van der Waals surface area contributed by atoms with Crippen molar-refractivity contribution in [3.05, 3.63) is 54.6 Å². The average Bonchev–Trinajstić information content (AvgIpc) is 2.98. The third-order valence-electron chi connectivity index (χ3n) is 4.05. The molecule has 0 saturated carbocycles. The van der Waals surface area contributed by atoms with E-state index >= 15 is 0 Å². The van der Waals surface area contributed by atoms with E-state index < -0.39 is 0 Å². The molecule has 5 heteroatoms. The van der Waals surface area contributed by atoms with Gasteiger partial charge in [-0.3, -0.25) is 9.59 Å². The summed E-state index contributed by atoms with van der Waals surface area (Å²) in [6.07, 6.45) is 0.220. The van der Waals surface area contributed by atoms with Crippen LogP contribution in [0, 0.1) is 5.92 Å². The van der Waals surface area contributed by atoms with Crippen molar-refractivity contribution in [1.29, 1.82) is 0 Å². The summed E-state index contributed by atoms with van der Waals surface area (Å²) < 4.78 is 5.94. The molecule has 130 valence electrons. The van der Waals surface area contributed by atoms with E-state index in [1.165, 1.54) is 0 Å². The second-order valence-electron chi connectivity index (χ2n) is 6.45. The zero-order valence-corrected chi connectivity index (χ0v) is 14.4. The lowest BCUT2D eigenvalue weighted by molar-refractivity contribution is -0.126. The minimum absolute atomic E-state index is 0.0605. The molecule has 1 aliphatic heterocycles. The Bertz CT molecular complexity index is 759. The van der Waals surface area contributed by atoms with Crippen LogP contribution in [0.15, 0.2) is 54.6 Å². The number of carbonyl (C=O) groups excluding carboxylic acids is 2. The Morgan fingerprint density at radius 3 is 2.52 bits per heavy atom. The maximum Gasteiger partial charge on any atom is 0.227 e. The smallest absolute Gasteiger partial charge is 0.227 e. The lowest BCUT2D eigenvalue weighted by Crippen LogP contribution is -2.37. The Morgan fingerprint density at radius 2 is 1.80 bits per heavy atom. The summed E-state index contributed by atoms with van der Waals surface area (Å²) in [5.41, 5.74) is 0.691. The summed E-state index contributed by atoms with van der Waals surface area (Å²) >= 11 is 0. The molecule has 3 rings (SSSR count). The second-order valence-corrected chi connectivity index (χ2v) is 6.45. The number of nitrogens with one attached hydrogen (secondary N) is 1. The van der Waals surface area contributed by atoms with Crippen molar-refractivity contribution >= 4 is 17.5 Å². The minimum Gasteiger partial charge on any atom is -0.455 e. The minimum atomic E-state index is -0.334. The highest BCUT2D eigenvalue weighted by molar-refractivity contribution is 6.01. The molecule has 1 aliphatic rings. The van der Waals surface area contributed by atoms with Crippen LogP contribution < -0.4 is 15.0 Å². The van der Waals surface area contributed by atoms with Crippen molar-refractivity contribution in [2.45, 2.75) is 26.3 Å². The van der Waals surface area contributed by atoms with E-state index in [2.05, 4.69) is 5.32 Å². The van der Waals surface area contributed by atoms with Crippen molar-refractivity contribution in [3.63, 3.8) is 0 Å². The fraction of sp³-hybridized carbons (Fsp3) is 0.300. The van der Waals surface area contributed by atoms with E-state index in [-0.39, 0.29) is 30.2 Å². The summed E-state index contributed by atoms with van der Waals surface area (Å²) in [5, 5.41) is 2.88. The van der Waals surface area contributed by atoms with Crippen LogP contribution in [0.1, 0.15) is 20.3 Å². The maximum absolute atomic E-state index is 12.5. The first-order valence-electron chi connectivity index (χ1n) is 8.47. The molecule has 1 N–H and O–H groups in total. The molecule has 2 aromatic rings. The molecule has 0 spiro atoms. The molecule has 0 radical (unpaired) electrons. The predicted octanol–water partition coefficient (Wildman–Crippen LogP) is 3.36. The van der Waals surface area contributed by atoms with Crippen molar-refractivity contribution in [2.24, 2.45) is 5.92 Å². The average molecular weight is 338 g/mol.